The minimum Gasteiger partial charge on any atom is -0.479 e. The van der Waals surface area contributed by atoms with Gasteiger partial charge in [0.05, 0.1) is 16.8 Å². The molecular weight excluding hydrogens is 302 g/mol. The molecule has 22 heavy (non-hydrogen) atoms. The molecule has 0 atom stereocenters. The Morgan fingerprint density at radius 3 is 2.68 bits per heavy atom. The van der Waals surface area contributed by atoms with Gasteiger partial charge in [-0.1, -0.05) is 23.7 Å². The number of hydrazone groups is 1. The quantitative estimate of drug-likeness (QED) is 0.681. The van der Waals surface area contributed by atoms with Crippen LogP contribution in [0.1, 0.15) is 15.9 Å². The Bertz CT molecular complexity index is 721. The monoisotopic (exact) mass is 313 g/mol. The third kappa shape index (κ3) is 4.33. The zero-order valence-electron chi connectivity index (χ0n) is 11.5. The van der Waals surface area contributed by atoms with Crippen molar-refractivity contribution in [2.75, 3.05) is 6.61 Å². The zero-order chi connectivity index (χ0) is 15.8. The first-order valence-electron chi connectivity index (χ1n) is 6.38. The number of hydrogen-bond donors (Lipinski definition) is 1. The fraction of sp³-hybridized carbons (Fsp3) is 0.0625. The van der Waals surface area contributed by atoms with Crippen LogP contribution in [0.15, 0.2) is 53.6 Å². The SMILES string of the molecule is N#CCOc1ccc(/C=N\NC(=O)c2ccccc2Cl)cc1. The van der Waals surface area contributed by atoms with Crippen LogP contribution in [0.25, 0.3) is 0 Å². The van der Waals surface area contributed by atoms with Gasteiger partial charge in [-0.3, -0.25) is 4.79 Å². The van der Waals surface area contributed by atoms with Crippen LogP contribution >= 0.6 is 11.6 Å². The second-order valence-corrected chi connectivity index (χ2v) is 4.60. The maximum atomic E-state index is 11.9. The molecule has 0 aliphatic heterocycles. The molecule has 0 fully saturated rings. The second-order valence-electron chi connectivity index (χ2n) is 4.19. The third-order valence-corrected chi connectivity index (χ3v) is 3.01. The van der Waals surface area contributed by atoms with Crippen molar-refractivity contribution in [1.82, 2.24) is 5.43 Å². The number of nitriles is 1. The molecule has 1 amide bonds. The molecular formula is C16H12ClN3O2. The summed E-state index contributed by atoms with van der Waals surface area (Å²) < 4.78 is 5.13. The summed E-state index contributed by atoms with van der Waals surface area (Å²) >= 11 is 5.92. The van der Waals surface area contributed by atoms with E-state index in [1.165, 1.54) is 6.21 Å². The molecule has 0 saturated carbocycles. The molecule has 2 rings (SSSR count). The van der Waals surface area contributed by atoms with Gasteiger partial charge in [0.15, 0.2) is 6.61 Å². The van der Waals surface area contributed by atoms with E-state index in [9.17, 15) is 4.79 Å². The number of benzene rings is 2. The van der Waals surface area contributed by atoms with E-state index in [1.54, 1.807) is 48.5 Å². The molecule has 6 heteroatoms. The van der Waals surface area contributed by atoms with E-state index in [1.807, 2.05) is 6.07 Å². The lowest BCUT2D eigenvalue weighted by Crippen LogP contribution is -2.17. The van der Waals surface area contributed by atoms with E-state index in [2.05, 4.69) is 10.5 Å². The number of nitrogens with one attached hydrogen (secondary N) is 1. The van der Waals surface area contributed by atoms with Crippen molar-refractivity contribution in [1.29, 1.82) is 5.26 Å². The van der Waals surface area contributed by atoms with E-state index in [0.717, 1.165) is 5.56 Å². The Labute approximate surface area is 132 Å². The molecule has 0 unspecified atom stereocenters. The highest BCUT2D eigenvalue weighted by atomic mass is 35.5. The van der Waals surface area contributed by atoms with E-state index >= 15 is 0 Å². The van der Waals surface area contributed by atoms with Crippen LogP contribution in [0.5, 0.6) is 5.75 Å². The largest absolute Gasteiger partial charge is 0.479 e. The lowest BCUT2D eigenvalue weighted by atomic mass is 10.2. The average Bonchev–Trinajstić information content (AvgIpc) is 2.54. The Hall–Kier alpha value is -2.84. The fourth-order valence-corrected chi connectivity index (χ4v) is 1.86. The van der Waals surface area contributed by atoms with Crippen molar-refractivity contribution < 1.29 is 9.53 Å². The molecule has 0 aliphatic rings. The molecule has 1 N–H and O–H groups in total. The molecule has 0 radical (unpaired) electrons. The van der Waals surface area contributed by atoms with Crippen molar-refractivity contribution in [2.24, 2.45) is 5.10 Å². The van der Waals surface area contributed by atoms with E-state index in [0.29, 0.717) is 16.3 Å². The van der Waals surface area contributed by atoms with Gasteiger partial charge in [-0.2, -0.15) is 10.4 Å². The number of halogens is 1. The van der Waals surface area contributed by atoms with Crippen LogP contribution < -0.4 is 10.2 Å². The van der Waals surface area contributed by atoms with Crippen molar-refractivity contribution in [3.05, 3.63) is 64.7 Å². The predicted molar refractivity (Wildman–Crippen MR) is 84.1 cm³/mol. The first-order chi connectivity index (χ1) is 10.7. The van der Waals surface area contributed by atoms with Crippen LogP contribution in [0.4, 0.5) is 0 Å². The van der Waals surface area contributed by atoms with Crippen molar-refractivity contribution >= 4 is 23.7 Å². The Morgan fingerprint density at radius 2 is 2.00 bits per heavy atom. The molecule has 110 valence electrons. The molecule has 5 nitrogen and oxygen atoms in total. The van der Waals surface area contributed by atoms with Crippen molar-refractivity contribution in [3.8, 4) is 11.8 Å². The van der Waals surface area contributed by atoms with E-state index in [4.69, 9.17) is 21.6 Å². The van der Waals surface area contributed by atoms with Gasteiger partial charge in [0.2, 0.25) is 0 Å². The van der Waals surface area contributed by atoms with Crippen LogP contribution in [-0.2, 0) is 0 Å². The fourth-order valence-electron chi connectivity index (χ4n) is 1.64. The highest BCUT2D eigenvalue weighted by Crippen LogP contribution is 2.14. The molecule has 2 aromatic rings. The maximum Gasteiger partial charge on any atom is 0.272 e. The normalized spacial score (nSPS) is 10.2. The van der Waals surface area contributed by atoms with Gasteiger partial charge >= 0.3 is 0 Å². The average molecular weight is 314 g/mol. The van der Waals surface area contributed by atoms with E-state index in [-0.39, 0.29) is 12.5 Å². The molecule has 0 aromatic heterocycles. The van der Waals surface area contributed by atoms with Crippen LogP contribution in [0.3, 0.4) is 0 Å². The maximum absolute atomic E-state index is 11.9. The zero-order valence-corrected chi connectivity index (χ0v) is 12.2. The van der Waals surface area contributed by atoms with Gasteiger partial charge in [-0.05, 0) is 42.0 Å². The Morgan fingerprint density at radius 1 is 1.27 bits per heavy atom. The number of amides is 1. The molecule has 0 bridgehead atoms. The first-order valence-corrected chi connectivity index (χ1v) is 6.76. The van der Waals surface area contributed by atoms with Crippen LogP contribution in [-0.4, -0.2) is 18.7 Å². The molecule has 0 spiro atoms. The number of rotatable bonds is 5. The number of nitrogens with zero attached hydrogens (tertiary/aromatic N) is 2. The van der Waals surface area contributed by atoms with Crippen molar-refractivity contribution in [3.63, 3.8) is 0 Å². The Balaban J connectivity index is 1.94. The summed E-state index contributed by atoms with van der Waals surface area (Å²) in [5.74, 6) is 0.217. The number of hydrogen-bond acceptors (Lipinski definition) is 4. The topological polar surface area (TPSA) is 74.5 Å². The van der Waals surface area contributed by atoms with Gasteiger partial charge in [-0.15, -0.1) is 0 Å². The highest BCUT2D eigenvalue weighted by Gasteiger charge is 2.07. The summed E-state index contributed by atoms with van der Waals surface area (Å²) in [4.78, 5) is 11.9. The molecule has 2 aromatic carbocycles. The molecule has 0 heterocycles. The minimum atomic E-state index is -0.379. The summed E-state index contributed by atoms with van der Waals surface area (Å²) in [6.45, 7) is 0.00132. The summed E-state index contributed by atoms with van der Waals surface area (Å²) in [5, 5.41) is 12.7. The third-order valence-electron chi connectivity index (χ3n) is 2.68. The van der Waals surface area contributed by atoms with Crippen LogP contribution in [0.2, 0.25) is 5.02 Å². The summed E-state index contributed by atoms with van der Waals surface area (Å²) in [6, 6.07) is 15.6. The first kappa shape index (κ1) is 15.5. The van der Waals surface area contributed by atoms with E-state index < -0.39 is 0 Å². The highest BCUT2D eigenvalue weighted by molar-refractivity contribution is 6.33. The summed E-state index contributed by atoms with van der Waals surface area (Å²) in [5.41, 5.74) is 3.55. The molecule has 0 aliphatic carbocycles. The summed E-state index contributed by atoms with van der Waals surface area (Å²) in [6.07, 6.45) is 1.50. The number of carbonyl (C=O) groups is 1. The van der Waals surface area contributed by atoms with Gasteiger partial charge < -0.3 is 4.74 Å². The lowest BCUT2D eigenvalue weighted by molar-refractivity contribution is 0.0955. The number of carbonyl (C=O) groups excluding carboxylic acids is 1. The second kappa shape index (κ2) is 7.81. The Kier molecular flexibility index (Phi) is 5.52. The smallest absolute Gasteiger partial charge is 0.272 e. The van der Waals surface area contributed by atoms with Gasteiger partial charge in [0, 0.05) is 0 Å². The van der Waals surface area contributed by atoms with Gasteiger partial charge in [0.1, 0.15) is 11.8 Å². The standard InChI is InChI=1S/C16H12ClN3O2/c17-15-4-2-1-3-14(15)16(21)20-19-11-12-5-7-13(8-6-12)22-10-9-18/h1-8,11H,10H2,(H,20,21)/b19-11-. The lowest BCUT2D eigenvalue weighted by Gasteiger charge is -2.02. The molecule has 0 saturated heterocycles. The van der Waals surface area contributed by atoms with Gasteiger partial charge in [-0.25, -0.2) is 5.43 Å². The van der Waals surface area contributed by atoms with Crippen LogP contribution in [0, 0.1) is 11.3 Å². The van der Waals surface area contributed by atoms with Gasteiger partial charge in [0.25, 0.3) is 5.91 Å². The minimum absolute atomic E-state index is 0.00132. The summed E-state index contributed by atoms with van der Waals surface area (Å²) in [7, 11) is 0. The predicted octanol–water partition coefficient (Wildman–Crippen LogP) is 3.01. The number of ether oxygens (including phenoxy) is 1. The van der Waals surface area contributed by atoms with Crippen molar-refractivity contribution in [2.45, 2.75) is 0 Å².